The van der Waals surface area contributed by atoms with Gasteiger partial charge in [-0.2, -0.15) is 17.5 Å². The van der Waals surface area contributed by atoms with Gasteiger partial charge in [0.05, 0.1) is 26.7 Å². The number of nitrogens with one attached hydrogen (secondary N) is 1. The molecule has 0 unspecified atom stereocenters. The van der Waals surface area contributed by atoms with Gasteiger partial charge in [-0.05, 0) is 36.4 Å². The number of hydrogen-bond donors (Lipinski definition) is 1. The molecule has 0 radical (unpaired) electrons. The summed E-state index contributed by atoms with van der Waals surface area (Å²) in [4.78, 5) is 12.3. The van der Waals surface area contributed by atoms with E-state index < -0.39 is 39.2 Å². The molecule has 1 N–H and O–H groups in total. The van der Waals surface area contributed by atoms with Gasteiger partial charge in [-0.15, -0.1) is 0 Å². The minimum Gasteiger partial charge on any atom is -0.319 e. The van der Waals surface area contributed by atoms with E-state index in [1.807, 2.05) is 5.32 Å². The monoisotopic (exact) mass is 452 g/mol. The lowest BCUT2D eigenvalue weighted by atomic mass is 10.1. The summed E-state index contributed by atoms with van der Waals surface area (Å²) in [6.07, 6.45) is -4.73. The molecule has 0 aliphatic heterocycles. The van der Waals surface area contributed by atoms with Crippen LogP contribution in [0, 0.1) is 5.82 Å². The van der Waals surface area contributed by atoms with Gasteiger partial charge in [0.25, 0.3) is 5.91 Å². The Balaban J connectivity index is 2.43. The third kappa shape index (κ3) is 5.06. The summed E-state index contributed by atoms with van der Waals surface area (Å²) < 4.78 is 78.7. The van der Waals surface area contributed by atoms with Gasteiger partial charge in [0.1, 0.15) is 5.82 Å². The fourth-order valence-corrected chi connectivity index (χ4v) is 4.23. The lowest BCUT2D eigenvalue weighted by Crippen LogP contribution is -2.30. The third-order valence-corrected chi connectivity index (χ3v) is 6.44. The van der Waals surface area contributed by atoms with Gasteiger partial charge in [-0.25, -0.2) is 12.8 Å². The van der Waals surface area contributed by atoms with Gasteiger partial charge in [0.2, 0.25) is 10.0 Å². The first-order valence-corrected chi connectivity index (χ1v) is 10.2. The minimum absolute atomic E-state index is 0.145. The molecule has 158 valence electrons. The molecule has 11 heteroatoms. The lowest BCUT2D eigenvalue weighted by Gasteiger charge is -2.19. The van der Waals surface area contributed by atoms with Crippen molar-refractivity contribution in [1.82, 2.24) is 4.31 Å². The maximum Gasteiger partial charge on any atom is 0.416 e. The first-order chi connectivity index (χ1) is 13.4. The number of hydrogen-bond acceptors (Lipinski definition) is 3. The summed E-state index contributed by atoms with van der Waals surface area (Å²) in [5.41, 5.74) is -2.19. The number of carbonyl (C=O) groups excluding carboxylic acids is 1. The molecule has 2 aromatic rings. The minimum atomic E-state index is -4.73. The normalized spacial score (nSPS) is 12.3. The van der Waals surface area contributed by atoms with Crippen molar-refractivity contribution in [3.8, 4) is 0 Å². The number of nitrogens with zero attached hydrogens (tertiary/aromatic N) is 1. The summed E-state index contributed by atoms with van der Waals surface area (Å²) in [6, 6.07) is 4.93. The predicted octanol–water partition coefficient (Wildman–Crippen LogP) is 4.78. The van der Waals surface area contributed by atoms with E-state index in [9.17, 15) is 30.8 Å². The van der Waals surface area contributed by atoms with E-state index >= 15 is 0 Å². The van der Waals surface area contributed by atoms with Crippen molar-refractivity contribution in [2.75, 3.05) is 18.4 Å². The zero-order valence-corrected chi connectivity index (χ0v) is 16.9. The largest absolute Gasteiger partial charge is 0.416 e. The van der Waals surface area contributed by atoms with Gasteiger partial charge in [-0.1, -0.05) is 25.4 Å². The summed E-state index contributed by atoms with van der Waals surface area (Å²) in [5, 5.41) is 1.86. The second-order valence-corrected chi connectivity index (χ2v) is 8.22. The SMILES string of the molecule is CCN(CC)S(=O)(=O)c1ccc(Cl)c(C(=O)Nc2cc(C(F)(F)F)ccc2F)c1. The Kier molecular flexibility index (Phi) is 6.92. The molecule has 0 bridgehead atoms. The Morgan fingerprint density at radius 3 is 2.28 bits per heavy atom. The van der Waals surface area contributed by atoms with Crippen LogP contribution in [0.5, 0.6) is 0 Å². The first kappa shape index (κ1) is 23.1. The maximum atomic E-state index is 13.9. The summed E-state index contributed by atoms with van der Waals surface area (Å²) in [5.74, 6) is -2.14. The van der Waals surface area contributed by atoms with Crippen LogP contribution in [-0.2, 0) is 16.2 Å². The van der Waals surface area contributed by atoms with E-state index in [2.05, 4.69) is 0 Å². The Morgan fingerprint density at radius 1 is 1.10 bits per heavy atom. The summed E-state index contributed by atoms with van der Waals surface area (Å²) >= 11 is 5.96. The molecule has 2 aromatic carbocycles. The number of alkyl halides is 3. The standard InChI is InChI=1S/C18H17ClF4N2O3S/c1-3-25(4-2)29(27,28)12-6-7-14(19)13(10-12)17(26)24-16-9-11(18(21,22)23)5-8-15(16)20/h5-10H,3-4H2,1-2H3,(H,24,26). The van der Waals surface area contributed by atoms with Crippen LogP contribution in [0.15, 0.2) is 41.3 Å². The molecule has 1 amide bonds. The van der Waals surface area contributed by atoms with Crippen molar-refractivity contribution >= 4 is 33.2 Å². The average molecular weight is 453 g/mol. The molecule has 0 saturated heterocycles. The Labute approximate surface area is 170 Å². The van der Waals surface area contributed by atoms with E-state index in [1.165, 1.54) is 12.1 Å². The van der Waals surface area contributed by atoms with E-state index in [0.717, 1.165) is 10.4 Å². The van der Waals surface area contributed by atoms with Crippen LogP contribution in [-0.4, -0.2) is 31.7 Å². The van der Waals surface area contributed by atoms with E-state index in [0.29, 0.717) is 18.2 Å². The van der Waals surface area contributed by atoms with E-state index in [1.54, 1.807) is 13.8 Å². The molecule has 0 fully saturated rings. The molecule has 0 aliphatic rings. The van der Waals surface area contributed by atoms with Crippen LogP contribution in [0.25, 0.3) is 0 Å². The van der Waals surface area contributed by atoms with Crippen LogP contribution in [0.4, 0.5) is 23.2 Å². The summed E-state index contributed by atoms with van der Waals surface area (Å²) in [6.45, 7) is 3.67. The van der Waals surface area contributed by atoms with Crippen molar-refractivity contribution in [2.45, 2.75) is 24.9 Å². The molecule has 0 saturated carbocycles. The molecule has 2 rings (SSSR count). The second kappa shape index (κ2) is 8.68. The number of rotatable bonds is 6. The number of carbonyl (C=O) groups is 1. The van der Waals surface area contributed by atoms with Gasteiger partial charge < -0.3 is 5.32 Å². The van der Waals surface area contributed by atoms with Gasteiger partial charge in [-0.3, -0.25) is 4.79 Å². The highest BCUT2D eigenvalue weighted by molar-refractivity contribution is 7.89. The van der Waals surface area contributed by atoms with Crippen molar-refractivity contribution in [1.29, 1.82) is 0 Å². The topological polar surface area (TPSA) is 66.5 Å². The van der Waals surface area contributed by atoms with Crippen molar-refractivity contribution < 1.29 is 30.8 Å². The van der Waals surface area contributed by atoms with Crippen molar-refractivity contribution in [3.63, 3.8) is 0 Å². The number of anilines is 1. The van der Waals surface area contributed by atoms with Crippen LogP contribution in [0.1, 0.15) is 29.8 Å². The highest BCUT2D eigenvalue weighted by Crippen LogP contribution is 2.32. The van der Waals surface area contributed by atoms with Gasteiger partial charge >= 0.3 is 6.18 Å². The van der Waals surface area contributed by atoms with Crippen molar-refractivity contribution in [2.24, 2.45) is 0 Å². The maximum absolute atomic E-state index is 13.9. The third-order valence-electron chi connectivity index (χ3n) is 4.07. The molecular formula is C18H17ClF4N2O3S. The Hall–Kier alpha value is -2.17. The predicted molar refractivity (Wildman–Crippen MR) is 101 cm³/mol. The molecule has 0 heterocycles. The summed E-state index contributed by atoms with van der Waals surface area (Å²) in [7, 11) is -3.91. The zero-order chi connectivity index (χ0) is 22.0. The van der Waals surface area contributed by atoms with Gasteiger partial charge in [0, 0.05) is 13.1 Å². The molecule has 0 aliphatic carbocycles. The van der Waals surface area contributed by atoms with Crippen LogP contribution in [0.3, 0.4) is 0 Å². The molecule has 5 nitrogen and oxygen atoms in total. The Morgan fingerprint density at radius 2 is 1.72 bits per heavy atom. The second-order valence-electron chi connectivity index (χ2n) is 5.88. The van der Waals surface area contributed by atoms with Crippen LogP contribution >= 0.6 is 11.6 Å². The van der Waals surface area contributed by atoms with E-state index in [4.69, 9.17) is 11.6 Å². The fourth-order valence-electron chi connectivity index (χ4n) is 2.54. The average Bonchev–Trinajstić information content (AvgIpc) is 2.63. The Bertz CT molecular complexity index is 1020. The molecular weight excluding hydrogens is 436 g/mol. The quantitative estimate of drug-likeness (QED) is 0.641. The number of amides is 1. The smallest absolute Gasteiger partial charge is 0.319 e. The van der Waals surface area contributed by atoms with Crippen LogP contribution < -0.4 is 5.32 Å². The fraction of sp³-hybridized carbons (Fsp3) is 0.278. The zero-order valence-electron chi connectivity index (χ0n) is 15.3. The number of halogens is 5. The van der Waals surface area contributed by atoms with Crippen molar-refractivity contribution in [3.05, 3.63) is 58.4 Å². The highest BCUT2D eigenvalue weighted by Gasteiger charge is 2.31. The molecule has 0 atom stereocenters. The molecule has 0 aromatic heterocycles. The number of benzene rings is 2. The molecule has 29 heavy (non-hydrogen) atoms. The van der Waals surface area contributed by atoms with Crippen LogP contribution in [0.2, 0.25) is 5.02 Å². The lowest BCUT2D eigenvalue weighted by molar-refractivity contribution is -0.137. The number of sulfonamides is 1. The molecule has 0 spiro atoms. The van der Waals surface area contributed by atoms with E-state index in [-0.39, 0.29) is 28.6 Å². The van der Waals surface area contributed by atoms with Gasteiger partial charge in [0.15, 0.2) is 0 Å². The highest BCUT2D eigenvalue weighted by atomic mass is 35.5. The first-order valence-electron chi connectivity index (χ1n) is 8.39.